The van der Waals surface area contributed by atoms with E-state index in [1.807, 2.05) is 25.1 Å². The second-order valence-corrected chi connectivity index (χ2v) is 5.85. The van der Waals surface area contributed by atoms with Gasteiger partial charge in [-0.1, -0.05) is 12.1 Å². The zero-order chi connectivity index (χ0) is 18.3. The number of methoxy groups -OCH3 is 1. The number of ether oxygens (including phenoxy) is 3. The topological polar surface area (TPSA) is 64.1 Å². The molecular weight excluding hydrogens is 318 g/mol. The highest BCUT2D eigenvalue weighted by atomic mass is 16.5. The highest BCUT2D eigenvalue weighted by molar-refractivity contribution is 5.79. The first-order valence-corrected chi connectivity index (χ1v) is 8.98. The Labute approximate surface area is 152 Å². The van der Waals surface area contributed by atoms with Gasteiger partial charge in [0.05, 0.1) is 19.8 Å². The Morgan fingerprint density at radius 3 is 2.76 bits per heavy atom. The molecule has 0 saturated carbocycles. The molecular formula is C19H33N3O3. The molecule has 0 aliphatic carbocycles. The van der Waals surface area contributed by atoms with Gasteiger partial charge in [0.25, 0.3) is 0 Å². The maximum atomic E-state index is 5.91. The molecule has 25 heavy (non-hydrogen) atoms. The SMILES string of the molecule is CCNC(=NCC(C)Oc1cccc(C)c1)NCCCOCCOC. The summed E-state index contributed by atoms with van der Waals surface area (Å²) in [6, 6.07) is 8.07. The summed E-state index contributed by atoms with van der Waals surface area (Å²) in [5.74, 6) is 1.69. The fourth-order valence-corrected chi connectivity index (χ4v) is 2.15. The maximum Gasteiger partial charge on any atom is 0.191 e. The van der Waals surface area contributed by atoms with Crippen LogP contribution in [0.1, 0.15) is 25.8 Å². The third-order valence-electron chi connectivity index (χ3n) is 3.37. The molecule has 6 nitrogen and oxygen atoms in total. The van der Waals surface area contributed by atoms with E-state index in [2.05, 4.69) is 35.5 Å². The van der Waals surface area contributed by atoms with Crippen LogP contribution in [-0.2, 0) is 9.47 Å². The summed E-state index contributed by atoms with van der Waals surface area (Å²) >= 11 is 0. The number of hydrogen-bond donors (Lipinski definition) is 2. The van der Waals surface area contributed by atoms with Gasteiger partial charge in [-0.15, -0.1) is 0 Å². The van der Waals surface area contributed by atoms with Crippen molar-refractivity contribution in [3.63, 3.8) is 0 Å². The highest BCUT2D eigenvalue weighted by Crippen LogP contribution is 2.14. The summed E-state index contributed by atoms with van der Waals surface area (Å²) in [6.07, 6.45) is 0.929. The second kappa shape index (κ2) is 13.5. The molecule has 0 spiro atoms. The fourth-order valence-electron chi connectivity index (χ4n) is 2.15. The molecule has 1 atom stereocenters. The van der Waals surface area contributed by atoms with E-state index in [9.17, 15) is 0 Å². The summed E-state index contributed by atoms with van der Waals surface area (Å²) in [5, 5.41) is 6.56. The average Bonchev–Trinajstić information content (AvgIpc) is 2.58. The predicted octanol–water partition coefficient (Wildman–Crippen LogP) is 2.37. The largest absolute Gasteiger partial charge is 0.489 e. The first kappa shape index (κ1) is 21.3. The number of rotatable bonds is 12. The summed E-state index contributed by atoms with van der Waals surface area (Å²) in [5.41, 5.74) is 1.19. The molecule has 1 aromatic rings. The van der Waals surface area contributed by atoms with E-state index in [4.69, 9.17) is 14.2 Å². The third kappa shape index (κ3) is 10.6. The Hall–Kier alpha value is -1.79. The number of nitrogens with zero attached hydrogens (tertiary/aromatic N) is 1. The zero-order valence-corrected chi connectivity index (χ0v) is 16.0. The van der Waals surface area contributed by atoms with E-state index in [0.29, 0.717) is 26.4 Å². The van der Waals surface area contributed by atoms with Crippen LogP contribution in [0.4, 0.5) is 0 Å². The predicted molar refractivity (Wildman–Crippen MR) is 103 cm³/mol. The summed E-state index contributed by atoms with van der Waals surface area (Å²) in [6.45, 7) is 10.3. The number of hydrogen-bond acceptors (Lipinski definition) is 4. The van der Waals surface area contributed by atoms with Gasteiger partial charge < -0.3 is 24.8 Å². The van der Waals surface area contributed by atoms with Gasteiger partial charge in [0, 0.05) is 26.8 Å². The van der Waals surface area contributed by atoms with Gasteiger partial charge in [0.15, 0.2) is 5.96 Å². The molecule has 0 fully saturated rings. The molecule has 0 aliphatic rings. The number of benzene rings is 1. The Morgan fingerprint density at radius 1 is 1.20 bits per heavy atom. The minimum absolute atomic E-state index is 0.00892. The number of aliphatic imine (C=N–C) groups is 1. The average molecular weight is 351 g/mol. The van der Waals surface area contributed by atoms with Gasteiger partial charge in [0.1, 0.15) is 11.9 Å². The molecule has 1 aromatic carbocycles. The summed E-state index contributed by atoms with van der Waals surface area (Å²) in [4.78, 5) is 4.59. The lowest BCUT2D eigenvalue weighted by molar-refractivity contribution is 0.0698. The Kier molecular flexibility index (Phi) is 11.5. The lowest BCUT2D eigenvalue weighted by Crippen LogP contribution is -2.38. The zero-order valence-electron chi connectivity index (χ0n) is 16.0. The minimum Gasteiger partial charge on any atom is -0.489 e. The van der Waals surface area contributed by atoms with E-state index in [1.165, 1.54) is 5.56 Å². The van der Waals surface area contributed by atoms with Crippen LogP contribution in [0.25, 0.3) is 0 Å². The van der Waals surface area contributed by atoms with Gasteiger partial charge in [-0.3, -0.25) is 0 Å². The van der Waals surface area contributed by atoms with E-state index >= 15 is 0 Å². The molecule has 1 rings (SSSR count). The van der Waals surface area contributed by atoms with Crippen molar-refractivity contribution >= 4 is 5.96 Å². The molecule has 1 unspecified atom stereocenters. The highest BCUT2D eigenvalue weighted by Gasteiger charge is 2.05. The van der Waals surface area contributed by atoms with Crippen molar-refractivity contribution in [2.45, 2.75) is 33.3 Å². The first-order valence-electron chi connectivity index (χ1n) is 8.98. The minimum atomic E-state index is 0.00892. The van der Waals surface area contributed by atoms with Crippen LogP contribution in [0.5, 0.6) is 5.75 Å². The van der Waals surface area contributed by atoms with Gasteiger partial charge in [0.2, 0.25) is 0 Å². The smallest absolute Gasteiger partial charge is 0.191 e. The maximum absolute atomic E-state index is 5.91. The van der Waals surface area contributed by atoms with Gasteiger partial charge >= 0.3 is 0 Å². The molecule has 0 radical (unpaired) electrons. The number of nitrogens with one attached hydrogen (secondary N) is 2. The Bertz CT molecular complexity index is 495. The molecule has 0 bridgehead atoms. The Morgan fingerprint density at radius 2 is 2.04 bits per heavy atom. The molecule has 6 heteroatoms. The monoisotopic (exact) mass is 351 g/mol. The fraction of sp³-hybridized carbons (Fsp3) is 0.632. The van der Waals surface area contributed by atoms with Crippen LogP contribution >= 0.6 is 0 Å². The van der Waals surface area contributed by atoms with Crippen molar-refractivity contribution in [3.05, 3.63) is 29.8 Å². The molecule has 142 valence electrons. The third-order valence-corrected chi connectivity index (χ3v) is 3.37. The number of aryl methyl sites for hydroxylation is 1. The van der Waals surface area contributed by atoms with E-state index < -0.39 is 0 Å². The molecule has 0 aromatic heterocycles. The molecule has 2 N–H and O–H groups in total. The van der Waals surface area contributed by atoms with Gasteiger partial charge in [-0.25, -0.2) is 4.99 Å². The lowest BCUT2D eigenvalue weighted by Gasteiger charge is -2.15. The van der Waals surface area contributed by atoms with Crippen molar-refractivity contribution in [2.24, 2.45) is 4.99 Å². The van der Waals surface area contributed by atoms with E-state index in [0.717, 1.165) is 31.2 Å². The van der Waals surface area contributed by atoms with Crippen LogP contribution < -0.4 is 15.4 Å². The molecule has 0 amide bonds. The van der Waals surface area contributed by atoms with Crippen LogP contribution in [0.15, 0.2) is 29.3 Å². The van der Waals surface area contributed by atoms with Crippen LogP contribution in [0.3, 0.4) is 0 Å². The van der Waals surface area contributed by atoms with Gasteiger partial charge in [-0.05, 0) is 44.9 Å². The van der Waals surface area contributed by atoms with Crippen LogP contribution in [-0.4, -0.2) is 58.6 Å². The standard InChI is InChI=1S/C19H33N3O3/c1-5-20-19(21-10-7-11-24-13-12-23-4)22-15-17(3)25-18-9-6-8-16(2)14-18/h6,8-9,14,17H,5,7,10-13,15H2,1-4H3,(H2,20,21,22). The first-order chi connectivity index (χ1) is 12.2. The van der Waals surface area contributed by atoms with Crippen molar-refractivity contribution < 1.29 is 14.2 Å². The lowest BCUT2D eigenvalue weighted by atomic mass is 10.2. The normalized spacial score (nSPS) is 12.7. The Balaban J connectivity index is 2.31. The molecule has 0 heterocycles. The van der Waals surface area contributed by atoms with Gasteiger partial charge in [-0.2, -0.15) is 0 Å². The van der Waals surface area contributed by atoms with E-state index in [1.54, 1.807) is 7.11 Å². The quantitative estimate of drug-likeness (QED) is 0.344. The van der Waals surface area contributed by atoms with Crippen molar-refractivity contribution in [3.8, 4) is 5.75 Å². The summed E-state index contributed by atoms with van der Waals surface area (Å²) in [7, 11) is 1.67. The number of guanidine groups is 1. The van der Waals surface area contributed by atoms with Crippen LogP contribution in [0, 0.1) is 6.92 Å². The van der Waals surface area contributed by atoms with Crippen LogP contribution in [0.2, 0.25) is 0 Å². The van der Waals surface area contributed by atoms with Crippen molar-refractivity contribution in [1.29, 1.82) is 0 Å². The molecule has 0 saturated heterocycles. The summed E-state index contributed by atoms with van der Waals surface area (Å²) < 4.78 is 16.3. The molecule has 0 aliphatic heterocycles. The second-order valence-electron chi connectivity index (χ2n) is 5.85. The van der Waals surface area contributed by atoms with Crippen molar-refractivity contribution in [1.82, 2.24) is 10.6 Å². The van der Waals surface area contributed by atoms with E-state index in [-0.39, 0.29) is 6.10 Å². The van der Waals surface area contributed by atoms with Crippen molar-refractivity contribution in [2.75, 3.05) is 46.6 Å².